The maximum atomic E-state index is 5.17. The van der Waals surface area contributed by atoms with Gasteiger partial charge in [-0.15, -0.1) is 10.2 Å². The van der Waals surface area contributed by atoms with E-state index in [1.807, 2.05) is 24.3 Å². The van der Waals surface area contributed by atoms with E-state index in [4.69, 9.17) is 4.74 Å². The molecular weight excluding hydrogens is 300 g/mol. The first kappa shape index (κ1) is 12.8. The van der Waals surface area contributed by atoms with Crippen molar-refractivity contribution < 1.29 is 4.74 Å². The molecule has 4 aromatic rings. The molecule has 22 heavy (non-hydrogen) atoms. The van der Waals surface area contributed by atoms with Gasteiger partial charge in [-0.25, -0.2) is 4.98 Å². The number of rotatable bonds is 3. The molecule has 0 unspecified atom stereocenters. The Morgan fingerprint density at radius 1 is 1.09 bits per heavy atom. The highest BCUT2D eigenvalue weighted by Crippen LogP contribution is 2.28. The molecule has 0 saturated carbocycles. The molecule has 3 aromatic heterocycles. The fourth-order valence-corrected chi connectivity index (χ4v) is 2.89. The average Bonchev–Trinajstić information content (AvgIpc) is 3.16. The monoisotopic (exact) mass is 310 g/mol. The van der Waals surface area contributed by atoms with Crippen LogP contribution in [-0.2, 0) is 0 Å². The lowest BCUT2D eigenvalue weighted by Gasteiger charge is -1.99. The lowest BCUT2D eigenvalue weighted by atomic mass is 10.2. The molecular formula is C14H10N6OS. The van der Waals surface area contributed by atoms with Crippen LogP contribution in [0.25, 0.3) is 27.1 Å². The van der Waals surface area contributed by atoms with E-state index in [0.29, 0.717) is 16.5 Å². The van der Waals surface area contributed by atoms with Gasteiger partial charge in [0.25, 0.3) is 0 Å². The van der Waals surface area contributed by atoms with Gasteiger partial charge in [-0.3, -0.25) is 4.98 Å². The van der Waals surface area contributed by atoms with Gasteiger partial charge in [0.1, 0.15) is 16.5 Å². The maximum Gasteiger partial charge on any atom is 0.235 e. The molecule has 8 heteroatoms. The molecule has 0 fully saturated rings. The minimum Gasteiger partial charge on any atom is -0.497 e. The van der Waals surface area contributed by atoms with Gasteiger partial charge in [0.15, 0.2) is 0 Å². The summed E-state index contributed by atoms with van der Waals surface area (Å²) in [6, 6.07) is 7.74. The fourth-order valence-electron chi connectivity index (χ4n) is 2.04. The number of hydrogen-bond donors (Lipinski definition) is 0. The third kappa shape index (κ3) is 2.09. The van der Waals surface area contributed by atoms with Gasteiger partial charge in [-0.2, -0.15) is 9.61 Å². The molecule has 0 spiro atoms. The topological polar surface area (TPSA) is 78.1 Å². The van der Waals surface area contributed by atoms with Gasteiger partial charge >= 0.3 is 0 Å². The number of aromatic nitrogens is 6. The number of hydrogen-bond acceptors (Lipinski definition) is 7. The predicted octanol–water partition coefficient (Wildman–Crippen LogP) is 2.32. The lowest BCUT2D eigenvalue weighted by Crippen LogP contribution is -1.93. The van der Waals surface area contributed by atoms with Crippen LogP contribution in [0.2, 0.25) is 0 Å². The molecule has 0 bridgehead atoms. The van der Waals surface area contributed by atoms with Crippen LogP contribution in [0.4, 0.5) is 0 Å². The smallest absolute Gasteiger partial charge is 0.235 e. The minimum absolute atomic E-state index is 0.583. The van der Waals surface area contributed by atoms with Crippen LogP contribution in [0.3, 0.4) is 0 Å². The molecule has 0 aliphatic carbocycles. The van der Waals surface area contributed by atoms with E-state index in [0.717, 1.165) is 16.3 Å². The lowest BCUT2D eigenvalue weighted by molar-refractivity contribution is 0.415. The highest BCUT2D eigenvalue weighted by molar-refractivity contribution is 7.19. The average molecular weight is 310 g/mol. The zero-order chi connectivity index (χ0) is 14.9. The fraction of sp³-hybridized carbons (Fsp3) is 0.0714. The number of fused-ring (bicyclic) bond motifs is 1. The molecule has 4 rings (SSSR count). The Bertz CT molecular complexity index is 916. The van der Waals surface area contributed by atoms with E-state index in [1.54, 1.807) is 30.2 Å². The molecule has 1 aromatic carbocycles. The van der Waals surface area contributed by atoms with E-state index < -0.39 is 0 Å². The zero-order valence-corrected chi connectivity index (χ0v) is 12.4. The zero-order valence-electron chi connectivity index (χ0n) is 11.5. The summed E-state index contributed by atoms with van der Waals surface area (Å²) < 4.78 is 6.85. The first-order valence-electron chi connectivity index (χ1n) is 6.48. The predicted molar refractivity (Wildman–Crippen MR) is 81.7 cm³/mol. The van der Waals surface area contributed by atoms with Crippen LogP contribution in [-0.4, -0.2) is 36.9 Å². The van der Waals surface area contributed by atoms with Gasteiger partial charge in [-0.05, 0) is 24.3 Å². The molecule has 0 amide bonds. The first-order chi connectivity index (χ1) is 10.8. The molecule has 0 atom stereocenters. The Morgan fingerprint density at radius 3 is 2.68 bits per heavy atom. The van der Waals surface area contributed by atoms with Crippen LogP contribution in [0.15, 0.2) is 42.9 Å². The second-order valence-corrected chi connectivity index (χ2v) is 5.40. The highest BCUT2D eigenvalue weighted by atomic mass is 32.1. The number of ether oxygens (including phenoxy) is 1. The van der Waals surface area contributed by atoms with Crippen molar-refractivity contribution in [3.05, 3.63) is 42.9 Å². The van der Waals surface area contributed by atoms with Crippen molar-refractivity contribution >= 4 is 16.3 Å². The third-order valence-electron chi connectivity index (χ3n) is 3.12. The molecule has 0 radical (unpaired) electrons. The van der Waals surface area contributed by atoms with Gasteiger partial charge in [0.05, 0.1) is 13.3 Å². The molecule has 0 N–H and O–H groups in total. The van der Waals surface area contributed by atoms with Gasteiger partial charge in [0, 0.05) is 18.0 Å². The van der Waals surface area contributed by atoms with Crippen LogP contribution < -0.4 is 4.74 Å². The standard InChI is InChI=1S/C14H10N6OS/c1-21-10-4-2-9(3-5-10)13-19-20-12(17-18-14(20)22-13)11-8-15-6-7-16-11/h2-8H,1H3. The summed E-state index contributed by atoms with van der Waals surface area (Å²) >= 11 is 1.47. The summed E-state index contributed by atoms with van der Waals surface area (Å²) in [5.74, 6) is 1.39. The Labute approximate surface area is 129 Å². The van der Waals surface area contributed by atoms with E-state index in [1.165, 1.54) is 11.3 Å². The Kier molecular flexibility index (Phi) is 3.01. The summed E-state index contributed by atoms with van der Waals surface area (Å²) in [6.07, 6.45) is 4.88. The van der Waals surface area contributed by atoms with Crippen molar-refractivity contribution in [3.8, 4) is 27.8 Å². The highest BCUT2D eigenvalue weighted by Gasteiger charge is 2.15. The summed E-state index contributed by atoms with van der Waals surface area (Å²) in [7, 11) is 1.64. The van der Waals surface area contributed by atoms with E-state index >= 15 is 0 Å². The second-order valence-electron chi connectivity index (χ2n) is 4.44. The first-order valence-corrected chi connectivity index (χ1v) is 7.30. The summed E-state index contributed by atoms with van der Waals surface area (Å²) in [6.45, 7) is 0. The summed E-state index contributed by atoms with van der Waals surface area (Å²) in [5, 5.41) is 13.7. The Morgan fingerprint density at radius 2 is 1.95 bits per heavy atom. The molecule has 108 valence electrons. The van der Waals surface area contributed by atoms with E-state index in [-0.39, 0.29) is 0 Å². The van der Waals surface area contributed by atoms with Crippen LogP contribution in [0.1, 0.15) is 0 Å². The third-order valence-corrected chi connectivity index (χ3v) is 4.07. The van der Waals surface area contributed by atoms with Crippen LogP contribution in [0, 0.1) is 0 Å². The number of benzene rings is 1. The minimum atomic E-state index is 0.583. The number of methoxy groups -OCH3 is 1. The molecule has 0 aliphatic heterocycles. The SMILES string of the molecule is COc1ccc(-c2nn3c(-c4cnccn4)nnc3s2)cc1. The quantitative estimate of drug-likeness (QED) is 0.578. The van der Waals surface area contributed by atoms with Crippen molar-refractivity contribution in [2.24, 2.45) is 0 Å². The van der Waals surface area contributed by atoms with Crippen molar-refractivity contribution in [3.63, 3.8) is 0 Å². The van der Waals surface area contributed by atoms with Crippen LogP contribution in [0.5, 0.6) is 5.75 Å². The summed E-state index contributed by atoms with van der Waals surface area (Å²) in [5.41, 5.74) is 1.64. The Hall–Kier alpha value is -2.87. The van der Waals surface area contributed by atoms with Crippen molar-refractivity contribution in [1.29, 1.82) is 0 Å². The van der Waals surface area contributed by atoms with E-state index in [2.05, 4.69) is 25.3 Å². The summed E-state index contributed by atoms with van der Waals surface area (Å²) in [4.78, 5) is 9.00. The number of nitrogens with zero attached hydrogens (tertiary/aromatic N) is 6. The molecule has 7 nitrogen and oxygen atoms in total. The van der Waals surface area contributed by atoms with E-state index in [9.17, 15) is 0 Å². The van der Waals surface area contributed by atoms with Gasteiger partial charge < -0.3 is 4.74 Å². The molecule has 0 saturated heterocycles. The molecule has 0 aliphatic rings. The largest absolute Gasteiger partial charge is 0.497 e. The Balaban J connectivity index is 1.79. The normalized spacial score (nSPS) is 11.0. The second kappa shape index (κ2) is 5.15. The van der Waals surface area contributed by atoms with Crippen LogP contribution >= 0.6 is 11.3 Å². The van der Waals surface area contributed by atoms with Gasteiger partial charge in [0.2, 0.25) is 10.8 Å². The molecule has 3 heterocycles. The van der Waals surface area contributed by atoms with Crippen molar-refractivity contribution in [2.75, 3.05) is 7.11 Å². The van der Waals surface area contributed by atoms with Gasteiger partial charge in [-0.1, -0.05) is 11.3 Å². The van der Waals surface area contributed by atoms with Crippen molar-refractivity contribution in [1.82, 2.24) is 29.8 Å². The maximum absolute atomic E-state index is 5.17. The van der Waals surface area contributed by atoms with Crippen molar-refractivity contribution in [2.45, 2.75) is 0 Å².